The van der Waals surface area contributed by atoms with Crippen LogP contribution in [0.1, 0.15) is 29.1 Å². The van der Waals surface area contributed by atoms with Crippen molar-refractivity contribution in [3.63, 3.8) is 0 Å². The summed E-state index contributed by atoms with van der Waals surface area (Å²) in [4.78, 5) is 15.3. The van der Waals surface area contributed by atoms with E-state index in [1.807, 2.05) is 0 Å². The highest BCUT2D eigenvalue weighted by atomic mass is 19.2. The highest BCUT2D eigenvalue weighted by molar-refractivity contribution is 5.92. The number of rotatable bonds is 4. The van der Waals surface area contributed by atoms with Gasteiger partial charge in [-0.05, 0) is 36.8 Å². The van der Waals surface area contributed by atoms with Gasteiger partial charge < -0.3 is 10.4 Å². The van der Waals surface area contributed by atoms with E-state index in [0.717, 1.165) is 18.2 Å². The maximum Gasteiger partial charge on any atom is 0.270 e. The van der Waals surface area contributed by atoms with Crippen LogP contribution in [-0.2, 0) is 0 Å². The molecule has 0 fully saturated rings. The van der Waals surface area contributed by atoms with Gasteiger partial charge in [-0.15, -0.1) is 0 Å². The average molecular weight is 310 g/mol. The molecule has 1 heterocycles. The van der Waals surface area contributed by atoms with Crippen LogP contribution in [0, 0.1) is 17.6 Å². The van der Waals surface area contributed by atoms with Gasteiger partial charge in [-0.25, -0.2) is 13.8 Å². The first-order chi connectivity index (χ1) is 10.4. The zero-order chi connectivity index (χ0) is 16.3. The molecule has 2 rings (SSSR count). The summed E-state index contributed by atoms with van der Waals surface area (Å²) in [5.74, 6) is -3.62. The van der Waals surface area contributed by atoms with Crippen LogP contribution in [0.2, 0.25) is 0 Å². The van der Waals surface area contributed by atoms with Crippen molar-refractivity contribution in [3.8, 4) is 0 Å². The van der Waals surface area contributed by atoms with Crippen LogP contribution >= 0.6 is 0 Å². The largest absolute Gasteiger partial charge is 0.386 e. The van der Waals surface area contributed by atoms with Gasteiger partial charge in [0.1, 0.15) is 5.69 Å². The fraction of sp³-hybridized carbons (Fsp3) is 0.200. The number of hydrogen-bond donors (Lipinski definition) is 2. The quantitative estimate of drug-likeness (QED) is 0.852. The van der Waals surface area contributed by atoms with E-state index < -0.39 is 35.6 Å². The number of hydrogen-bond acceptors (Lipinski definition) is 3. The fourth-order valence-corrected chi connectivity index (χ4v) is 1.88. The van der Waals surface area contributed by atoms with Gasteiger partial charge in [0.25, 0.3) is 5.91 Å². The molecule has 2 atom stereocenters. The predicted octanol–water partition coefficient (Wildman–Crippen LogP) is 2.35. The molecule has 0 radical (unpaired) electrons. The fourth-order valence-electron chi connectivity index (χ4n) is 1.88. The van der Waals surface area contributed by atoms with Crippen LogP contribution in [0.4, 0.5) is 13.2 Å². The summed E-state index contributed by atoms with van der Waals surface area (Å²) in [5.41, 5.74) is -0.0387. The Morgan fingerprint density at radius 1 is 1.18 bits per heavy atom. The molecule has 1 amide bonds. The second-order valence-corrected chi connectivity index (χ2v) is 4.73. The number of nitrogens with one attached hydrogen (secondary N) is 1. The Bertz CT molecular complexity index is 694. The lowest BCUT2D eigenvalue weighted by Crippen LogP contribution is -2.37. The van der Waals surface area contributed by atoms with E-state index in [4.69, 9.17) is 0 Å². The molecule has 116 valence electrons. The molecule has 0 aliphatic carbocycles. The minimum atomic E-state index is -1.26. The van der Waals surface area contributed by atoms with Crippen molar-refractivity contribution in [1.82, 2.24) is 10.3 Å². The standard InChI is InChI=1S/C15H13F3N2O2/c1-8(14(21)9-5-6-10(16)11(17)7-9)19-15(22)12-3-2-4-13(18)20-12/h2-8,14,21H,1H3,(H,19,22). The second kappa shape index (κ2) is 6.57. The van der Waals surface area contributed by atoms with Gasteiger partial charge in [0.05, 0.1) is 12.1 Å². The number of aliphatic hydroxyl groups excluding tert-OH is 1. The molecule has 0 aliphatic heterocycles. The topological polar surface area (TPSA) is 62.2 Å². The van der Waals surface area contributed by atoms with E-state index in [2.05, 4.69) is 10.3 Å². The Morgan fingerprint density at radius 3 is 2.55 bits per heavy atom. The van der Waals surface area contributed by atoms with E-state index in [9.17, 15) is 23.1 Å². The molecule has 0 saturated heterocycles. The minimum absolute atomic E-state index is 0.110. The summed E-state index contributed by atoms with van der Waals surface area (Å²) in [7, 11) is 0. The molecule has 7 heteroatoms. The monoisotopic (exact) mass is 310 g/mol. The highest BCUT2D eigenvalue weighted by Crippen LogP contribution is 2.19. The molecule has 0 aliphatic rings. The molecule has 4 nitrogen and oxygen atoms in total. The third-order valence-corrected chi connectivity index (χ3v) is 3.07. The third kappa shape index (κ3) is 3.62. The minimum Gasteiger partial charge on any atom is -0.386 e. The van der Waals surface area contributed by atoms with Gasteiger partial charge in [0.2, 0.25) is 5.95 Å². The number of aliphatic hydroxyl groups is 1. The molecule has 2 N–H and O–H groups in total. The van der Waals surface area contributed by atoms with Crippen LogP contribution < -0.4 is 5.32 Å². The van der Waals surface area contributed by atoms with E-state index >= 15 is 0 Å². The van der Waals surface area contributed by atoms with Crippen molar-refractivity contribution in [1.29, 1.82) is 0 Å². The zero-order valence-electron chi connectivity index (χ0n) is 11.6. The van der Waals surface area contributed by atoms with E-state index in [0.29, 0.717) is 0 Å². The third-order valence-electron chi connectivity index (χ3n) is 3.07. The first-order valence-electron chi connectivity index (χ1n) is 6.45. The van der Waals surface area contributed by atoms with Crippen LogP contribution in [-0.4, -0.2) is 22.0 Å². The second-order valence-electron chi connectivity index (χ2n) is 4.73. The first-order valence-corrected chi connectivity index (χ1v) is 6.45. The van der Waals surface area contributed by atoms with Crippen LogP contribution in [0.15, 0.2) is 36.4 Å². The summed E-state index contributed by atoms with van der Waals surface area (Å²) >= 11 is 0. The van der Waals surface area contributed by atoms with E-state index in [-0.39, 0.29) is 11.3 Å². The SMILES string of the molecule is CC(NC(=O)c1cccc(F)n1)C(O)c1ccc(F)c(F)c1. The molecule has 2 unspecified atom stereocenters. The number of halogens is 3. The summed E-state index contributed by atoms with van der Waals surface area (Å²) in [6.45, 7) is 1.48. The van der Waals surface area contributed by atoms with Crippen LogP contribution in [0.25, 0.3) is 0 Å². The Kier molecular flexibility index (Phi) is 4.77. The molecule has 2 aromatic rings. The molecule has 1 aromatic carbocycles. The van der Waals surface area contributed by atoms with Crippen molar-refractivity contribution in [2.45, 2.75) is 19.1 Å². The van der Waals surface area contributed by atoms with Gasteiger partial charge in [-0.3, -0.25) is 4.79 Å². The Morgan fingerprint density at radius 2 is 1.91 bits per heavy atom. The summed E-state index contributed by atoms with van der Waals surface area (Å²) in [6.07, 6.45) is -1.26. The number of pyridine rings is 1. The van der Waals surface area contributed by atoms with Crippen molar-refractivity contribution in [2.24, 2.45) is 0 Å². The number of benzene rings is 1. The number of aromatic nitrogens is 1. The number of carbonyl (C=O) groups excluding carboxylic acids is 1. The molecule has 22 heavy (non-hydrogen) atoms. The van der Waals surface area contributed by atoms with Gasteiger partial charge in [-0.2, -0.15) is 4.39 Å². The molecule has 1 aromatic heterocycles. The van der Waals surface area contributed by atoms with Crippen LogP contribution in [0.5, 0.6) is 0 Å². The summed E-state index contributed by atoms with van der Waals surface area (Å²) in [5, 5.41) is 12.5. The van der Waals surface area contributed by atoms with Gasteiger partial charge in [0, 0.05) is 0 Å². The zero-order valence-corrected chi connectivity index (χ0v) is 11.6. The van der Waals surface area contributed by atoms with Crippen molar-refractivity contribution < 1.29 is 23.1 Å². The molecular formula is C15H13F3N2O2. The molecule has 0 bridgehead atoms. The summed E-state index contributed by atoms with van der Waals surface area (Å²) in [6, 6.07) is 5.87. The van der Waals surface area contributed by atoms with Gasteiger partial charge in [-0.1, -0.05) is 12.1 Å². The highest BCUT2D eigenvalue weighted by Gasteiger charge is 2.21. The van der Waals surface area contributed by atoms with Crippen molar-refractivity contribution in [2.75, 3.05) is 0 Å². The molecule has 0 spiro atoms. The number of amides is 1. The lowest BCUT2D eigenvalue weighted by atomic mass is 10.0. The maximum absolute atomic E-state index is 13.1. The van der Waals surface area contributed by atoms with Crippen molar-refractivity contribution in [3.05, 3.63) is 65.2 Å². The van der Waals surface area contributed by atoms with E-state index in [1.165, 1.54) is 25.1 Å². The lowest BCUT2D eigenvalue weighted by Gasteiger charge is -2.20. The summed E-state index contributed by atoms with van der Waals surface area (Å²) < 4.78 is 39.0. The Labute approximate surface area is 124 Å². The molecule has 0 saturated carbocycles. The number of carbonyl (C=O) groups is 1. The number of nitrogens with zero attached hydrogens (tertiary/aromatic N) is 1. The average Bonchev–Trinajstić information content (AvgIpc) is 2.49. The van der Waals surface area contributed by atoms with Gasteiger partial charge in [0.15, 0.2) is 11.6 Å². The Hall–Kier alpha value is -2.41. The predicted molar refractivity (Wildman–Crippen MR) is 72.4 cm³/mol. The van der Waals surface area contributed by atoms with Crippen LogP contribution in [0.3, 0.4) is 0 Å². The smallest absolute Gasteiger partial charge is 0.270 e. The lowest BCUT2D eigenvalue weighted by molar-refractivity contribution is 0.0845. The maximum atomic E-state index is 13.1. The Balaban J connectivity index is 2.09. The molecular weight excluding hydrogens is 297 g/mol. The first kappa shape index (κ1) is 16.0. The van der Waals surface area contributed by atoms with E-state index in [1.54, 1.807) is 0 Å². The van der Waals surface area contributed by atoms with Gasteiger partial charge >= 0.3 is 0 Å². The normalized spacial score (nSPS) is 13.5. The van der Waals surface area contributed by atoms with Crippen molar-refractivity contribution >= 4 is 5.91 Å².